The monoisotopic (exact) mass is 442 g/mol. The Morgan fingerprint density at radius 2 is 1.79 bits per heavy atom. The Bertz CT molecular complexity index is 1390. The van der Waals surface area contributed by atoms with Crippen LogP contribution >= 0.6 is 0 Å². The quantitative estimate of drug-likeness (QED) is 0.476. The van der Waals surface area contributed by atoms with Crippen molar-refractivity contribution in [1.29, 1.82) is 0 Å². The Balaban J connectivity index is 1.81. The molecule has 1 unspecified atom stereocenters. The third kappa shape index (κ3) is 4.62. The van der Waals surface area contributed by atoms with E-state index in [0.29, 0.717) is 17.3 Å². The first-order valence-corrected chi connectivity index (χ1v) is 11.0. The molecule has 2 heterocycles. The minimum Gasteiger partial charge on any atom is -0.349 e. The Kier molecular flexibility index (Phi) is 6.49. The van der Waals surface area contributed by atoms with Crippen LogP contribution in [0.1, 0.15) is 36.2 Å². The molecule has 0 saturated heterocycles. The Hall–Kier alpha value is -4.00. The van der Waals surface area contributed by atoms with Crippen LogP contribution in [-0.2, 0) is 17.9 Å². The van der Waals surface area contributed by atoms with Crippen molar-refractivity contribution < 1.29 is 4.79 Å². The summed E-state index contributed by atoms with van der Waals surface area (Å²) in [4.78, 5) is 44.3. The van der Waals surface area contributed by atoms with Crippen molar-refractivity contribution >= 4 is 16.8 Å². The molecule has 0 saturated carbocycles. The summed E-state index contributed by atoms with van der Waals surface area (Å²) in [6, 6.07) is 19.4. The minimum atomic E-state index is -0.769. The maximum absolute atomic E-state index is 13.6. The number of aromatic nitrogens is 3. The number of amides is 1. The molecular weight excluding hydrogens is 416 g/mol. The van der Waals surface area contributed by atoms with Gasteiger partial charge in [0, 0.05) is 6.20 Å². The fraction of sp³-hybridized carbons (Fsp3) is 0.231. The first-order chi connectivity index (χ1) is 16.0. The van der Waals surface area contributed by atoms with Crippen molar-refractivity contribution in [2.24, 2.45) is 0 Å². The number of rotatable bonds is 7. The molecule has 1 N–H and O–H groups in total. The summed E-state index contributed by atoms with van der Waals surface area (Å²) >= 11 is 0. The SMILES string of the molecule is CCC(C(=O)NCc1ccccn1)n1c(=O)n(Cc2ccccc2)c(=O)c2cc(C)ccc21. The number of hydrogen-bond donors (Lipinski definition) is 1. The third-order valence-corrected chi connectivity index (χ3v) is 5.68. The molecule has 33 heavy (non-hydrogen) atoms. The Morgan fingerprint density at radius 1 is 1.03 bits per heavy atom. The lowest BCUT2D eigenvalue weighted by Crippen LogP contribution is -2.45. The van der Waals surface area contributed by atoms with Crippen LogP contribution in [0.5, 0.6) is 0 Å². The Labute approximate surface area is 191 Å². The molecule has 0 aliphatic carbocycles. The summed E-state index contributed by atoms with van der Waals surface area (Å²) in [5.74, 6) is -0.294. The van der Waals surface area contributed by atoms with Gasteiger partial charge < -0.3 is 5.32 Å². The Morgan fingerprint density at radius 3 is 2.48 bits per heavy atom. The van der Waals surface area contributed by atoms with Crippen LogP contribution in [0.3, 0.4) is 0 Å². The third-order valence-electron chi connectivity index (χ3n) is 5.68. The van der Waals surface area contributed by atoms with Crippen LogP contribution in [0.15, 0.2) is 82.5 Å². The molecule has 0 bridgehead atoms. The summed E-state index contributed by atoms with van der Waals surface area (Å²) in [5.41, 5.74) is 2.07. The lowest BCUT2D eigenvalue weighted by atomic mass is 10.1. The predicted molar refractivity (Wildman–Crippen MR) is 128 cm³/mol. The average molecular weight is 443 g/mol. The van der Waals surface area contributed by atoms with E-state index in [-0.39, 0.29) is 24.6 Å². The van der Waals surface area contributed by atoms with Crippen molar-refractivity contribution in [1.82, 2.24) is 19.4 Å². The van der Waals surface area contributed by atoms with Gasteiger partial charge in [0.15, 0.2) is 0 Å². The smallest absolute Gasteiger partial charge is 0.332 e. The largest absolute Gasteiger partial charge is 0.349 e. The molecule has 0 radical (unpaired) electrons. The molecule has 0 fully saturated rings. The van der Waals surface area contributed by atoms with E-state index < -0.39 is 11.7 Å². The minimum absolute atomic E-state index is 0.133. The van der Waals surface area contributed by atoms with Gasteiger partial charge in [-0.25, -0.2) is 4.79 Å². The number of carbonyl (C=O) groups is 1. The molecule has 4 aromatic rings. The topological polar surface area (TPSA) is 86.0 Å². The average Bonchev–Trinajstić information content (AvgIpc) is 2.84. The molecular formula is C26H26N4O3. The number of nitrogens with one attached hydrogen (secondary N) is 1. The first kappa shape index (κ1) is 22.2. The summed E-state index contributed by atoms with van der Waals surface area (Å²) < 4.78 is 2.67. The normalized spacial score (nSPS) is 11.9. The second-order valence-corrected chi connectivity index (χ2v) is 8.01. The van der Waals surface area contributed by atoms with Gasteiger partial charge in [0.2, 0.25) is 5.91 Å². The van der Waals surface area contributed by atoms with Crippen LogP contribution < -0.4 is 16.6 Å². The predicted octanol–water partition coefficient (Wildman–Crippen LogP) is 3.18. The standard InChI is InChI=1S/C26H26N4O3/c1-3-22(24(31)28-16-20-11-7-8-14-27-20)30-23-13-12-18(2)15-21(23)25(32)29(26(30)33)17-19-9-5-4-6-10-19/h4-15,22H,3,16-17H2,1-2H3,(H,28,31). The van der Waals surface area contributed by atoms with Crippen LogP contribution in [-0.4, -0.2) is 20.0 Å². The molecule has 1 amide bonds. The van der Waals surface area contributed by atoms with E-state index in [2.05, 4.69) is 10.3 Å². The molecule has 7 heteroatoms. The zero-order chi connectivity index (χ0) is 23.4. The first-order valence-electron chi connectivity index (χ1n) is 11.0. The van der Waals surface area contributed by atoms with E-state index >= 15 is 0 Å². The fourth-order valence-electron chi connectivity index (χ4n) is 3.99. The van der Waals surface area contributed by atoms with Crippen LogP contribution in [0.2, 0.25) is 0 Å². The number of pyridine rings is 1. The van der Waals surface area contributed by atoms with Crippen molar-refractivity contribution in [3.05, 3.63) is 111 Å². The molecule has 2 aromatic heterocycles. The molecule has 168 valence electrons. The van der Waals surface area contributed by atoms with Gasteiger partial charge in [0.1, 0.15) is 6.04 Å². The highest BCUT2D eigenvalue weighted by molar-refractivity contribution is 5.84. The molecule has 2 aromatic carbocycles. The van der Waals surface area contributed by atoms with Crippen LogP contribution in [0.25, 0.3) is 10.9 Å². The van der Waals surface area contributed by atoms with Gasteiger partial charge in [-0.15, -0.1) is 0 Å². The van der Waals surface area contributed by atoms with Crippen molar-refractivity contribution in [3.8, 4) is 0 Å². The van der Waals surface area contributed by atoms with Gasteiger partial charge in [-0.2, -0.15) is 0 Å². The van der Waals surface area contributed by atoms with Crippen LogP contribution in [0.4, 0.5) is 0 Å². The van der Waals surface area contributed by atoms with Gasteiger partial charge >= 0.3 is 5.69 Å². The second-order valence-electron chi connectivity index (χ2n) is 8.01. The number of fused-ring (bicyclic) bond motifs is 1. The van der Waals surface area contributed by atoms with E-state index in [1.165, 1.54) is 9.13 Å². The van der Waals surface area contributed by atoms with Crippen molar-refractivity contribution in [2.75, 3.05) is 0 Å². The van der Waals surface area contributed by atoms with E-state index in [9.17, 15) is 14.4 Å². The lowest BCUT2D eigenvalue weighted by Gasteiger charge is -2.22. The maximum atomic E-state index is 13.6. The molecule has 4 rings (SSSR count). The summed E-state index contributed by atoms with van der Waals surface area (Å²) in [6.45, 7) is 4.14. The number of hydrogen-bond acceptors (Lipinski definition) is 4. The van der Waals surface area contributed by atoms with Crippen LogP contribution in [0, 0.1) is 6.92 Å². The van der Waals surface area contributed by atoms with Crippen molar-refractivity contribution in [3.63, 3.8) is 0 Å². The van der Waals surface area contributed by atoms with E-state index in [4.69, 9.17) is 0 Å². The zero-order valence-electron chi connectivity index (χ0n) is 18.7. The van der Waals surface area contributed by atoms with Gasteiger partial charge in [0.25, 0.3) is 5.56 Å². The fourth-order valence-corrected chi connectivity index (χ4v) is 3.99. The molecule has 0 spiro atoms. The highest BCUT2D eigenvalue weighted by Crippen LogP contribution is 2.18. The van der Waals surface area contributed by atoms with Gasteiger partial charge in [-0.05, 0) is 43.2 Å². The van der Waals surface area contributed by atoms with E-state index in [0.717, 1.165) is 16.8 Å². The molecule has 1 atom stereocenters. The summed E-state index contributed by atoms with van der Waals surface area (Å²) in [7, 11) is 0. The lowest BCUT2D eigenvalue weighted by molar-refractivity contribution is -0.124. The second kappa shape index (κ2) is 9.65. The molecule has 0 aliphatic heterocycles. The summed E-state index contributed by atoms with van der Waals surface area (Å²) in [6.07, 6.45) is 2.05. The highest BCUT2D eigenvalue weighted by atomic mass is 16.2. The van der Waals surface area contributed by atoms with Gasteiger partial charge in [-0.3, -0.25) is 23.7 Å². The van der Waals surface area contributed by atoms with E-state index in [1.54, 1.807) is 18.3 Å². The van der Waals surface area contributed by atoms with E-state index in [1.807, 2.05) is 68.4 Å². The number of nitrogens with zero attached hydrogens (tertiary/aromatic N) is 3. The maximum Gasteiger partial charge on any atom is 0.332 e. The number of benzene rings is 2. The van der Waals surface area contributed by atoms with Gasteiger partial charge in [0.05, 0.1) is 29.7 Å². The number of aryl methyl sites for hydroxylation is 1. The summed E-state index contributed by atoms with van der Waals surface area (Å²) in [5, 5.41) is 3.31. The van der Waals surface area contributed by atoms with Crippen molar-refractivity contribution in [2.45, 2.75) is 39.4 Å². The number of carbonyl (C=O) groups excluding carboxylic acids is 1. The molecule has 7 nitrogen and oxygen atoms in total. The zero-order valence-corrected chi connectivity index (χ0v) is 18.7. The van der Waals surface area contributed by atoms with Gasteiger partial charge in [-0.1, -0.05) is 55.0 Å². The molecule has 0 aliphatic rings. The highest BCUT2D eigenvalue weighted by Gasteiger charge is 2.24.